The second-order valence-corrected chi connectivity index (χ2v) is 6.32. The number of piperidine rings is 1. The summed E-state index contributed by atoms with van der Waals surface area (Å²) in [7, 11) is 0. The van der Waals surface area contributed by atoms with Crippen LogP contribution in [0.3, 0.4) is 0 Å². The van der Waals surface area contributed by atoms with Gasteiger partial charge in [0.2, 0.25) is 0 Å². The highest BCUT2D eigenvalue weighted by atomic mass is 16.4. The van der Waals surface area contributed by atoms with Gasteiger partial charge >= 0.3 is 11.9 Å². The number of likely N-dealkylation sites (tertiary alicyclic amines) is 1. The highest BCUT2D eigenvalue weighted by molar-refractivity contribution is 5.78. The number of hydrogen-bond acceptors (Lipinski definition) is 4. The van der Waals surface area contributed by atoms with Crippen LogP contribution in [0.25, 0.3) is 0 Å². The number of carbonyl (C=O) groups is 2. The fourth-order valence-corrected chi connectivity index (χ4v) is 3.63. The van der Waals surface area contributed by atoms with Gasteiger partial charge < -0.3 is 15.1 Å². The maximum Gasteiger partial charge on any atom is 0.326 e. The van der Waals surface area contributed by atoms with E-state index in [1.54, 1.807) is 6.92 Å². The lowest BCUT2D eigenvalue weighted by molar-refractivity contribution is -0.140. The van der Waals surface area contributed by atoms with Gasteiger partial charge in [0.1, 0.15) is 6.04 Å². The SMILES string of the molecule is CCN1CCC(N(c2ccccc2)C(C)C(=O)O)CC1CC(=O)O. The lowest BCUT2D eigenvalue weighted by Gasteiger charge is -2.45. The van der Waals surface area contributed by atoms with Crippen molar-refractivity contribution in [1.82, 2.24) is 4.90 Å². The molecule has 1 aromatic rings. The van der Waals surface area contributed by atoms with Crippen molar-refractivity contribution in [2.24, 2.45) is 0 Å². The van der Waals surface area contributed by atoms with E-state index in [1.165, 1.54) is 0 Å². The third-order valence-corrected chi connectivity index (χ3v) is 4.85. The molecule has 24 heavy (non-hydrogen) atoms. The first kappa shape index (κ1) is 18.3. The topological polar surface area (TPSA) is 81.1 Å². The summed E-state index contributed by atoms with van der Waals surface area (Å²) >= 11 is 0. The summed E-state index contributed by atoms with van der Waals surface area (Å²) in [5.74, 6) is -1.68. The number of aliphatic carboxylic acids is 2. The first-order valence-corrected chi connectivity index (χ1v) is 8.46. The largest absolute Gasteiger partial charge is 0.481 e. The van der Waals surface area contributed by atoms with Gasteiger partial charge in [-0.2, -0.15) is 0 Å². The van der Waals surface area contributed by atoms with Gasteiger partial charge in [0, 0.05) is 24.3 Å². The van der Waals surface area contributed by atoms with E-state index < -0.39 is 18.0 Å². The van der Waals surface area contributed by atoms with Crippen molar-refractivity contribution in [2.75, 3.05) is 18.0 Å². The molecule has 6 nitrogen and oxygen atoms in total. The number of carboxylic acid groups (broad SMARTS) is 2. The number of carboxylic acids is 2. The first-order valence-electron chi connectivity index (χ1n) is 8.46. The van der Waals surface area contributed by atoms with E-state index in [-0.39, 0.29) is 18.5 Å². The van der Waals surface area contributed by atoms with Gasteiger partial charge in [-0.05, 0) is 38.4 Å². The Morgan fingerprint density at radius 2 is 1.96 bits per heavy atom. The molecular weight excluding hydrogens is 308 g/mol. The number of para-hydroxylation sites is 1. The summed E-state index contributed by atoms with van der Waals surface area (Å²) in [4.78, 5) is 26.9. The Balaban J connectivity index is 2.26. The Hall–Kier alpha value is -2.08. The van der Waals surface area contributed by atoms with Crippen LogP contribution >= 0.6 is 0 Å². The zero-order valence-electron chi connectivity index (χ0n) is 14.3. The zero-order valence-corrected chi connectivity index (χ0v) is 14.3. The summed E-state index contributed by atoms with van der Waals surface area (Å²) in [5, 5.41) is 18.7. The minimum absolute atomic E-state index is 0.0191. The molecule has 1 heterocycles. The number of hydrogen-bond donors (Lipinski definition) is 2. The summed E-state index contributed by atoms with van der Waals surface area (Å²) in [6, 6.07) is 8.83. The molecule has 0 amide bonds. The second kappa shape index (κ2) is 8.15. The van der Waals surface area contributed by atoms with Crippen LogP contribution in [0.1, 0.15) is 33.1 Å². The van der Waals surface area contributed by atoms with Crippen molar-refractivity contribution >= 4 is 17.6 Å². The fraction of sp³-hybridized carbons (Fsp3) is 0.556. The summed E-state index contributed by atoms with van der Waals surface area (Å²) in [6.45, 7) is 5.32. The van der Waals surface area contributed by atoms with Gasteiger partial charge in [0.25, 0.3) is 0 Å². The van der Waals surface area contributed by atoms with Crippen LogP contribution < -0.4 is 4.90 Å². The Kier molecular flexibility index (Phi) is 6.20. The molecular formula is C18H26N2O4. The van der Waals surface area contributed by atoms with Crippen molar-refractivity contribution in [3.05, 3.63) is 30.3 Å². The first-order chi connectivity index (χ1) is 11.4. The predicted octanol–water partition coefficient (Wildman–Crippen LogP) is 2.29. The van der Waals surface area contributed by atoms with E-state index in [0.29, 0.717) is 6.42 Å². The predicted molar refractivity (Wildman–Crippen MR) is 92.3 cm³/mol. The van der Waals surface area contributed by atoms with Gasteiger partial charge in [0.05, 0.1) is 6.42 Å². The van der Waals surface area contributed by atoms with Crippen LogP contribution in [0.4, 0.5) is 5.69 Å². The molecule has 3 unspecified atom stereocenters. The van der Waals surface area contributed by atoms with E-state index in [4.69, 9.17) is 0 Å². The summed E-state index contributed by atoms with van der Waals surface area (Å²) < 4.78 is 0. The van der Waals surface area contributed by atoms with Gasteiger partial charge in [0.15, 0.2) is 0 Å². The Bertz CT molecular complexity index is 563. The fourth-order valence-electron chi connectivity index (χ4n) is 3.63. The van der Waals surface area contributed by atoms with E-state index >= 15 is 0 Å². The molecule has 0 aliphatic carbocycles. The van der Waals surface area contributed by atoms with Gasteiger partial charge in [-0.15, -0.1) is 0 Å². The molecule has 0 spiro atoms. The Labute approximate surface area is 142 Å². The molecule has 0 aromatic heterocycles. The third kappa shape index (κ3) is 4.26. The smallest absolute Gasteiger partial charge is 0.326 e. The van der Waals surface area contributed by atoms with Gasteiger partial charge in [-0.25, -0.2) is 4.79 Å². The number of rotatable bonds is 7. The van der Waals surface area contributed by atoms with E-state index in [0.717, 1.165) is 25.2 Å². The second-order valence-electron chi connectivity index (χ2n) is 6.32. The highest BCUT2D eigenvalue weighted by Crippen LogP contribution is 2.29. The monoisotopic (exact) mass is 334 g/mol. The normalized spacial score (nSPS) is 22.8. The lowest BCUT2D eigenvalue weighted by Crippen LogP contribution is -2.54. The van der Waals surface area contributed by atoms with Crippen LogP contribution in [0, 0.1) is 0 Å². The lowest BCUT2D eigenvalue weighted by atomic mass is 9.92. The standard InChI is InChI=1S/C18H26N2O4/c1-3-19-10-9-15(11-16(19)12-17(21)22)20(13(2)18(23)24)14-7-5-4-6-8-14/h4-8,13,15-16H,3,9-12H2,1-2H3,(H,21,22)(H,23,24). The molecule has 0 saturated carbocycles. The van der Waals surface area contributed by atoms with Crippen molar-refractivity contribution in [1.29, 1.82) is 0 Å². The number of nitrogens with zero attached hydrogens (tertiary/aromatic N) is 2. The molecule has 2 N–H and O–H groups in total. The average Bonchev–Trinajstić information content (AvgIpc) is 2.55. The molecule has 1 aliphatic rings. The maximum absolute atomic E-state index is 11.6. The Morgan fingerprint density at radius 1 is 1.29 bits per heavy atom. The van der Waals surface area contributed by atoms with E-state index in [2.05, 4.69) is 4.90 Å². The van der Waals surface area contributed by atoms with Crippen LogP contribution in [0.15, 0.2) is 30.3 Å². The van der Waals surface area contributed by atoms with Crippen molar-refractivity contribution in [3.63, 3.8) is 0 Å². The summed E-state index contributed by atoms with van der Waals surface area (Å²) in [6.07, 6.45) is 1.58. The molecule has 1 aliphatic heterocycles. The van der Waals surface area contributed by atoms with Gasteiger partial charge in [-0.1, -0.05) is 25.1 Å². The van der Waals surface area contributed by atoms with Crippen molar-refractivity contribution in [2.45, 2.75) is 51.2 Å². The molecule has 0 radical (unpaired) electrons. The molecule has 1 saturated heterocycles. The van der Waals surface area contributed by atoms with Gasteiger partial charge in [-0.3, -0.25) is 9.69 Å². The molecule has 1 aromatic carbocycles. The average molecular weight is 334 g/mol. The highest BCUT2D eigenvalue weighted by Gasteiger charge is 2.35. The zero-order chi connectivity index (χ0) is 17.7. The van der Waals surface area contributed by atoms with Crippen LogP contribution in [0.2, 0.25) is 0 Å². The van der Waals surface area contributed by atoms with E-state index in [9.17, 15) is 19.8 Å². The molecule has 6 heteroatoms. The molecule has 3 atom stereocenters. The van der Waals surface area contributed by atoms with Crippen LogP contribution in [0.5, 0.6) is 0 Å². The number of benzene rings is 1. The summed E-state index contributed by atoms with van der Waals surface area (Å²) in [5.41, 5.74) is 0.872. The molecule has 0 bridgehead atoms. The van der Waals surface area contributed by atoms with Crippen molar-refractivity contribution in [3.8, 4) is 0 Å². The minimum atomic E-state index is -0.869. The maximum atomic E-state index is 11.6. The molecule has 132 valence electrons. The van der Waals surface area contributed by atoms with E-state index in [1.807, 2.05) is 42.2 Å². The number of anilines is 1. The van der Waals surface area contributed by atoms with Crippen LogP contribution in [-0.4, -0.2) is 58.3 Å². The quantitative estimate of drug-likeness (QED) is 0.796. The molecule has 1 fully saturated rings. The minimum Gasteiger partial charge on any atom is -0.481 e. The third-order valence-electron chi connectivity index (χ3n) is 4.85. The van der Waals surface area contributed by atoms with Crippen LogP contribution in [-0.2, 0) is 9.59 Å². The molecule has 2 rings (SSSR count). The van der Waals surface area contributed by atoms with Crippen molar-refractivity contribution < 1.29 is 19.8 Å². The Morgan fingerprint density at radius 3 is 2.50 bits per heavy atom.